The van der Waals surface area contributed by atoms with Crippen molar-refractivity contribution in [1.29, 1.82) is 0 Å². The number of ether oxygens (including phenoxy) is 1. The standard InChI is InChI=1S/C16H23NO2S/c1-12(2)15(18)17-9-10-19-16(3,11-17)13-5-7-14(20-4)8-6-13/h5-8,12H,9-11H2,1-4H3. The smallest absolute Gasteiger partial charge is 0.225 e. The normalized spacial score (nSPS) is 23.1. The number of morpholine rings is 1. The average molecular weight is 293 g/mol. The first-order chi connectivity index (χ1) is 9.46. The number of thioether (sulfide) groups is 1. The van der Waals surface area contributed by atoms with Gasteiger partial charge in [-0.1, -0.05) is 26.0 Å². The third-order valence-corrected chi connectivity index (χ3v) is 4.52. The summed E-state index contributed by atoms with van der Waals surface area (Å²) in [4.78, 5) is 15.4. The van der Waals surface area contributed by atoms with E-state index in [0.29, 0.717) is 19.7 Å². The highest BCUT2D eigenvalue weighted by Crippen LogP contribution is 2.31. The zero-order chi connectivity index (χ0) is 14.8. The van der Waals surface area contributed by atoms with Crippen molar-refractivity contribution in [2.24, 2.45) is 5.92 Å². The summed E-state index contributed by atoms with van der Waals surface area (Å²) in [5, 5.41) is 0. The third-order valence-electron chi connectivity index (χ3n) is 3.78. The van der Waals surface area contributed by atoms with Crippen LogP contribution in [0.2, 0.25) is 0 Å². The van der Waals surface area contributed by atoms with Crippen LogP contribution in [0.5, 0.6) is 0 Å². The van der Waals surface area contributed by atoms with Crippen LogP contribution in [0.4, 0.5) is 0 Å². The fourth-order valence-corrected chi connectivity index (χ4v) is 2.95. The molecule has 1 aliphatic rings. The lowest BCUT2D eigenvalue weighted by molar-refractivity contribution is -0.152. The van der Waals surface area contributed by atoms with Crippen molar-refractivity contribution in [1.82, 2.24) is 4.90 Å². The SMILES string of the molecule is CSc1ccc(C2(C)CN(C(=O)C(C)C)CCO2)cc1. The van der Waals surface area contributed by atoms with Crippen LogP contribution in [-0.4, -0.2) is 36.8 Å². The van der Waals surface area contributed by atoms with Crippen LogP contribution < -0.4 is 0 Å². The van der Waals surface area contributed by atoms with Crippen LogP contribution in [0.15, 0.2) is 29.2 Å². The molecule has 0 aliphatic carbocycles. The molecule has 0 saturated carbocycles. The molecule has 0 aromatic heterocycles. The summed E-state index contributed by atoms with van der Waals surface area (Å²) in [6, 6.07) is 8.43. The number of rotatable bonds is 3. The van der Waals surface area contributed by atoms with Crippen molar-refractivity contribution < 1.29 is 9.53 Å². The van der Waals surface area contributed by atoms with Crippen LogP contribution in [0.1, 0.15) is 26.3 Å². The highest BCUT2D eigenvalue weighted by atomic mass is 32.2. The molecule has 4 heteroatoms. The summed E-state index contributed by atoms with van der Waals surface area (Å²) in [6.45, 7) is 7.88. The molecule has 1 amide bonds. The maximum atomic E-state index is 12.2. The van der Waals surface area contributed by atoms with E-state index in [4.69, 9.17) is 4.74 Å². The molecule has 0 spiro atoms. The van der Waals surface area contributed by atoms with Gasteiger partial charge in [-0.3, -0.25) is 4.79 Å². The van der Waals surface area contributed by atoms with Crippen molar-refractivity contribution in [2.45, 2.75) is 31.3 Å². The predicted octanol–water partition coefficient (Wildman–Crippen LogP) is 3.14. The predicted molar refractivity (Wildman–Crippen MR) is 82.9 cm³/mol. The molecule has 1 saturated heterocycles. The Morgan fingerprint density at radius 2 is 2.00 bits per heavy atom. The minimum Gasteiger partial charge on any atom is -0.367 e. The summed E-state index contributed by atoms with van der Waals surface area (Å²) in [5.41, 5.74) is 0.733. The van der Waals surface area contributed by atoms with Gasteiger partial charge in [0.15, 0.2) is 0 Å². The summed E-state index contributed by atoms with van der Waals surface area (Å²) in [5.74, 6) is 0.247. The molecule has 0 N–H and O–H groups in total. The van der Waals surface area contributed by atoms with Gasteiger partial charge in [0, 0.05) is 17.4 Å². The first kappa shape index (κ1) is 15.4. The van der Waals surface area contributed by atoms with E-state index in [1.165, 1.54) is 4.90 Å². The molecule has 0 radical (unpaired) electrons. The first-order valence-corrected chi connectivity index (χ1v) is 8.26. The second kappa shape index (κ2) is 6.19. The maximum absolute atomic E-state index is 12.2. The van der Waals surface area contributed by atoms with Gasteiger partial charge in [0.1, 0.15) is 5.60 Å². The highest BCUT2D eigenvalue weighted by Gasteiger charge is 2.36. The van der Waals surface area contributed by atoms with Crippen molar-refractivity contribution in [3.8, 4) is 0 Å². The van der Waals surface area contributed by atoms with Gasteiger partial charge in [0.25, 0.3) is 0 Å². The van der Waals surface area contributed by atoms with Crippen molar-refractivity contribution in [2.75, 3.05) is 26.0 Å². The lowest BCUT2D eigenvalue weighted by atomic mass is 9.93. The Hall–Kier alpha value is -1.00. The third kappa shape index (κ3) is 3.18. The Kier molecular flexibility index (Phi) is 4.76. The van der Waals surface area contributed by atoms with Gasteiger partial charge in [0.05, 0.1) is 13.2 Å². The highest BCUT2D eigenvalue weighted by molar-refractivity contribution is 7.98. The molecule has 1 aromatic rings. The van der Waals surface area contributed by atoms with Crippen molar-refractivity contribution in [3.05, 3.63) is 29.8 Å². The monoisotopic (exact) mass is 293 g/mol. The van der Waals surface area contributed by atoms with Gasteiger partial charge in [0.2, 0.25) is 5.91 Å². The van der Waals surface area contributed by atoms with E-state index in [9.17, 15) is 4.79 Å². The molecule has 20 heavy (non-hydrogen) atoms. The van der Waals surface area contributed by atoms with Gasteiger partial charge in [-0.05, 0) is 30.9 Å². The summed E-state index contributed by atoms with van der Waals surface area (Å²) in [6.07, 6.45) is 2.07. The number of carbonyl (C=O) groups excluding carboxylic acids is 1. The van der Waals surface area contributed by atoms with Gasteiger partial charge in [-0.15, -0.1) is 11.8 Å². The van der Waals surface area contributed by atoms with Gasteiger partial charge in [-0.2, -0.15) is 0 Å². The largest absolute Gasteiger partial charge is 0.367 e. The van der Waals surface area contributed by atoms with E-state index in [2.05, 4.69) is 37.4 Å². The molecule has 1 aliphatic heterocycles. The molecule has 1 fully saturated rings. The molecule has 0 bridgehead atoms. The van der Waals surface area contributed by atoms with E-state index in [-0.39, 0.29) is 11.8 Å². The average Bonchev–Trinajstić information content (AvgIpc) is 2.46. The van der Waals surface area contributed by atoms with Crippen molar-refractivity contribution in [3.63, 3.8) is 0 Å². The molecule has 1 heterocycles. The van der Waals surface area contributed by atoms with Crippen LogP contribution in [0, 0.1) is 5.92 Å². The molecule has 1 atom stereocenters. The Morgan fingerprint density at radius 3 is 2.55 bits per heavy atom. The quantitative estimate of drug-likeness (QED) is 0.802. The van der Waals surface area contributed by atoms with Crippen LogP contribution in [0.3, 0.4) is 0 Å². The zero-order valence-electron chi connectivity index (χ0n) is 12.7. The molecule has 110 valence electrons. The molecule has 1 unspecified atom stereocenters. The summed E-state index contributed by atoms with van der Waals surface area (Å²) in [7, 11) is 0. The van der Waals surface area contributed by atoms with E-state index in [0.717, 1.165) is 5.56 Å². The number of nitrogens with zero attached hydrogens (tertiary/aromatic N) is 1. The van der Waals surface area contributed by atoms with Crippen molar-refractivity contribution >= 4 is 17.7 Å². The summed E-state index contributed by atoms with van der Waals surface area (Å²) >= 11 is 1.73. The number of carbonyl (C=O) groups is 1. The second-order valence-corrected chi connectivity index (χ2v) is 6.60. The number of amides is 1. The minimum atomic E-state index is -0.403. The Morgan fingerprint density at radius 1 is 1.35 bits per heavy atom. The fourth-order valence-electron chi connectivity index (χ4n) is 2.54. The maximum Gasteiger partial charge on any atom is 0.225 e. The lowest BCUT2D eigenvalue weighted by Gasteiger charge is -2.41. The first-order valence-electron chi connectivity index (χ1n) is 7.03. The number of hydrogen-bond donors (Lipinski definition) is 0. The summed E-state index contributed by atoms with van der Waals surface area (Å²) < 4.78 is 5.98. The van der Waals surface area contributed by atoms with E-state index >= 15 is 0 Å². The topological polar surface area (TPSA) is 29.5 Å². The van der Waals surface area contributed by atoms with Gasteiger partial charge < -0.3 is 9.64 Å². The molecular formula is C16H23NO2S. The van der Waals surface area contributed by atoms with E-state index in [1.807, 2.05) is 18.7 Å². The second-order valence-electron chi connectivity index (χ2n) is 5.72. The molecule has 1 aromatic carbocycles. The van der Waals surface area contributed by atoms with Gasteiger partial charge in [-0.25, -0.2) is 0 Å². The van der Waals surface area contributed by atoms with Gasteiger partial charge >= 0.3 is 0 Å². The Balaban J connectivity index is 2.18. The Labute approximate surface area is 125 Å². The number of benzene rings is 1. The molecular weight excluding hydrogens is 270 g/mol. The van der Waals surface area contributed by atoms with Crippen LogP contribution >= 0.6 is 11.8 Å². The van der Waals surface area contributed by atoms with E-state index in [1.54, 1.807) is 11.8 Å². The molecule has 3 nitrogen and oxygen atoms in total. The van der Waals surface area contributed by atoms with Crippen LogP contribution in [0.25, 0.3) is 0 Å². The van der Waals surface area contributed by atoms with E-state index < -0.39 is 5.60 Å². The van der Waals surface area contributed by atoms with Crippen LogP contribution in [-0.2, 0) is 15.1 Å². The lowest BCUT2D eigenvalue weighted by Crippen LogP contribution is -2.51. The minimum absolute atomic E-state index is 0.0382. The molecule has 2 rings (SSSR count). The number of hydrogen-bond acceptors (Lipinski definition) is 3. The zero-order valence-corrected chi connectivity index (χ0v) is 13.5. The Bertz CT molecular complexity index is 472. The fraction of sp³-hybridized carbons (Fsp3) is 0.562.